The van der Waals surface area contributed by atoms with Gasteiger partial charge in [0.1, 0.15) is 5.60 Å². The highest BCUT2D eigenvalue weighted by atomic mass is 35.5. The normalized spacial score (nSPS) is 16.9. The summed E-state index contributed by atoms with van der Waals surface area (Å²) in [5.41, 5.74) is 0.507. The average Bonchev–Trinajstić information content (AvgIpc) is 2.37. The Morgan fingerprint density at radius 1 is 1.33 bits per heavy atom. The Morgan fingerprint density at radius 3 is 2.57 bits per heavy atom. The van der Waals surface area contributed by atoms with Gasteiger partial charge in [0.15, 0.2) is 0 Å². The van der Waals surface area contributed by atoms with Crippen LogP contribution in [0.5, 0.6) is 0 Å². The molecular weight excluding hydrogens is 290 g/mol. The molecule has 0 unspecified atom stereocenters. The van der Waals surface area contributed by atoms with Crippen molar-refractivity contribution in [1.82, 2.24) is 14.8 Å². The lowest BCUT2D eigenvalue weighted by Crippen LogP contribution is -2.49. The van der Waals surface area contributed by atoms with Crippen molar-refractivity contribution < 1.29 is 9.53 Å². The average molecular weight is 312 g/mol. The first-order chi connectivity index (χ1) is 9.83. The molecule has 0 spiro atoms. The Bertz CT molecular complexity index is 494. The van der Waals surface area contributed by atoms with Crippen LogP contribution in [0.4, 0.5) is 4.79 Å². The molecule has 1 amide bonds. The maximum absolute atomic E-state index is 12.0. The van der Waals surface area contributed by atoms with Gasteiger partial charge in [-0.3, -0.25) is 9.88 Å². The largest absolute Gasteiger partial charge is 0.444 e. The van der Waals surface area contributed by atoms with Crippen LogP contribution in [0.15, 0.2) is 18.3 Å². The fourth-order valence-corrected chi connectivity index (χ4v) is 2.36. The van der Waals surface area contributed by atoms with Gasteiger partial charge in [0.2, 0.25) is 0 Å². The van der Waals surface area contributed by atoms with Gasteiger partial charge >= 0.3 is 6.09 Å². The van der Waals surface area contributed by atoms with Crippen molar-refractivity contribution in [3.05, 3.63) is 29.0 Å². The summed E-state index contributed by atoms with van der Waals surface area (Å²) in [5.74, 6) is 0. The van der Waals surface area contributed by atoms with Crippen LogP contribution in [0.2, 0.25) is 5.02 Å². The van der Waals surface area contributed by atoms with Crippen LogP contribution in [-0.4, -0.2) is 52.7 Å². The van der Waals surface area contributed by atoms with Gasteiger partial charge in [-0.25, -0.2) is 4.79 Å². The zero-order valence-corrected chi connectivity index (χ0v) is 13.6. The Hall–Kier alpha value is -1.33. The predicted octanol–water partition coefficient (Wildman–Crippen LogP) is 2.79. The van der Waals surface area contributed by atoms with E-state index in [1.807, 2.05) is 26.8 Å². The molecule has 2 rings (SSSR count). The van der Waals surface area contributed by atoms with Crippen molar-refractivity contribution >= 4 is 17.7 Å². The van der Waals surface area contributed by atoms with Crippen LogP contribution in [0, 0.1) is 0 Å². The molecule has 1 saturated heterocycles. The summed E-state index contributed by atoms with van der Waals surface area (Å²) >= 11 is 5.96. The first-order valence-electron chi connectivity index (χ1n) is 7.14. The monoisotopic (exact) mass is 311 g/mol. The molecular formula is C15H22ClN3O2. The summed E-state index contributed by atoms with van der Waals surface area (Å²) in [6, 6.07) is 3.65. The molecule has 0 radical (unpaired) electrons. The van der Waals surface area contributed by atoms with E-state index in [2.05, 4.69) is 9.88 Å². The van der Waals surface area contributed by atoms with Crippen molar-refractivity contribution in [3.8, 4) is 0 Å². The first kappa shape index (κ1) is 16.0. The Labute approximate surface area is 130 Å². The molecule has 1 aromatic heterocycles. The molecule has 6 heteroatoms. The molecule has 1 aliphatic heterocycles. The second-order valence-corrected chi connectivity index (χ2v) is 6.65. The smallest absolute Gasteiger partial charge is 0.410 e. The highest BCUT2D eigenvalue weighted by Gasteiger charge is 2.25. The summed E-state index contributed by atoms with van der Waals surface area (Å²) in [6.45, 7) is 9.37. The minimum Gasteiger partial charge on any atom is -0.444 e. The summed E-state index contributed by atoms with van der Waals surface area (Å²) in [4.78, 5) is 20.3. The number of ether oxygens (including phenoxy) is 1. The number of aromatic nitrogens is 1. The van der Waals surface area contributed by atoms with E-state index in [0.717, 1.165) is 25.3 Å². The van der Waals surface area contributed by atoms with E-state index in [-0.39, 0.29) is 6.09 Å². The SMILES string of the molecule is CC(C)(C)OC(=O)N1CCN(Cc2cc(Cl)ccn2)CC1. The number of halogens is 1. The van der Waals surface area contributed by atoms with E-state index >= 15 is 0 Å². The summed E-state index contributed by atoms with van der Waals surface area (Å²) in [7, 11) is 0. The third-order valence-electron chi connectivity index (χ3n) is 3.19. The molecule has 0 N–H and O–H groups in total. The van der Waals surface area contributed by atoms with Crippen molar-refractivity contribution in [1.29, 1.82) is 0 Å². The second kappa shape index (κ2) is 6.62. The van der Waals surface area contributed by atoms with Gasteiger partial charge in [0, 0.05) is 43.9 Å². The lowest BCUT2D eigenvalue weighted by atomic mass is 10.2. The molecule has 116 valence electrons. The molecule has 21 heavy (non-hydrogen) atoms. The first-order valence-corrected chi connectivity index (χ1v) is 7.52. The van der Waals surface area contributed by atoms with Crippen LogP contribution in [0.3, 0.4) is 0 Å². The van der Waals surface area contributed by atoms with Gasteiger partial charge in [0.05, 0.1) is 5.69 Å². The van der Waals surface area contributed by atoms with Gasteiger partial charge in [-0.1, -0.05) is 11.6 Å². The Balaban J connectivity index is 1.82. The van der Waals surface area contributed by atoms with Gasteiger partial charge < -0.3 is 9.64 Å². The van der Waals surface area contributed by atoms with E-state index in [9.17, 15) is 4.79 Å². The minimum atomic E-state index is -0.446. The molecule has 0 aliphatic carbocycles. The number of hydrogen-bond acceptors (Lipinski definition) is 4. The number of carbonyl (C=O) groups excluding carboxylic acids is 1. The molecule has 0 saturated carbocycles. The highest BCUT2D eigenvalue weighted by Crippen LogP contribution is 2.14. The topological polar surface area (TPSA) is 45.7 Å². The summed E-state index contributed by atoms with van der Waals surface area (Å²) in [6.07, 6.45) is 1.48. The Kier molecular flexibility index (Phi) is 5.06. The van der Waals surface area contributed by atoms with Gasteiger partial charge in [-0.15, -0.1) is 0 Å². The summed E-state index contributed by atoms with van der Waals surface area (Å²) in [5, 5.41) is 0.701. The van der Waals surface area contributed by atoms with Crippen LogP contribution in [0.25, 0.3) is 0 Å². The Morgan fingerprint density at radius 2 is 2.00 bits per heavy atom. The fraction of sp³-hybridized carbons (Fsp3) is 0.600. The van der Waals surface area contributed by atoms with E-state index < -0.39 is 5.60 Å². The van der Waals surface area contributed by atoms with Gasteiger partial charge in [-0.2, -0.15) is 0 Å². The fourth-order valence-electron chi connectivity index (χ4n) is 2.18. The lowest BCUT2D eigenvalue weighted by Gasteiger charge is -2.35. The van der Waals surface area contributed by atoms with Crippen molar-refractivity contribution in [2.75, 3.05) is 26.2 Å². The molecule has 0 bridgehead atoms. The third kappa shape index (κ3) is 5.17. The zero-order chi connectivity index (χ0) is 15.5. The lowest BCUT2D eigenvalue weighted by molar-refractivity contribution is 0.0138. The molecule has 5 nitrogen and oxygen atoms in total. The van der Waals surface area contributed by atoms with Crippen molar-refractivity contribution in [2.24, 2.45) is 0 Å². The second-order valence-electron chi connectivity index (χ2n) is 6.21. The quantitative estimate of drug-likeness (QED) is 0.842. The number of carbonyl (C=O) groups is 1. The number of piperazine rings is 1. The molecule has 0 atom stereocenters. The predicted molar refractivity (Wildman–Crippen MR) is 82.3 cm³/mol. The molecule has 0 aromatic carbocycles. The zero-order valence-electron chi connectivity index (χ0n) is 12.8. The maximum Gasteiger partial charge on any atom is 0.410 e. The maximum atomic E-state index is 12.0. The minimum absolute atomic E-state index is 0.233. The molecule has 2 heterocycles. The highest BCUT2D eigenvalue weighted by molar-refractivity contribution is 6.30. The van der Waals surface area contributed by atoms with Crippen LogP contribution in [-0.2, 0) is 11.3 Å². The van der Waals surface area contributed by atoms with Gasteiger partial charge in [0.25, 0.3) is 0 Å². The standard InChI is InChI=1S/C15H22ClN3O2/c1-15(2,3)21-14(20)19-8-6-18(7-9-19)11-13-10-12(16)4-5-17-13/h4-5,10H,6-9,11H2,1-3H3. The van der Waals surface area contributed by atoms with Crippen LogP contribution < -0.4 is 0 Å². The molecule has 1 aliphatic rings. The number of hydrogen-bond donors (Lipinski definition) is 0. The van der Waals surface area contributed by atoms with E-state index in [1.54, 1.807) is 17.2 Å². The number of amides is 1. The third-order valence-corrected chi connectivity index (χ3v) is 3.42. The van der Waals surface area contributed by atoms with E-state index in [4.69, 9.17) is 16.3 Å². The number of pyridine rings is 1. The van der Waals surface area contributed by atoms with Crippen molar-refractivity contribution in [3.63, 3.8) is 0 Å². The number of nitrogens with zero attached hydrogens (tertiary/aromatic N) is 3. The summed E-state index contributed by atoms with van der Waals surface area (Å²) < 4.78 is 5.39. The van der Waals surface area contributed by atoms with E-state index in [0.29, 0.717) is 18.1 Å². The molecule has 1 aromatic rings. The van der Waals surface area contributed by atoms with E-state index in [1.165, 1.54) is 0 Å². The molecule has 1 fully saturated rings. The van der Waals surface area contributed by atoms with Crippen LogP contribution >= 0.6 is 11.6 Å². The van der Waals surface area contributed by atoms with Crippen molar-refractivity contribution in [2.45, 2.75) is 32.9 Å². The van der Waals surface area contributed by atoms with Crippen LogP contribution in [0.1, 0.15) is 26.5 Å². The number of rotatable bonds is 2. The van der Waals surface area contributed by atoms with Gasteiger partial charge in [-0.05, 0) is 32.9 Å².